The van der Waals surface area contributed by atoms with E-state index in [1.54, 1.807) is 0 Å². The highest BCUT2D eigenvalue weighted by Crippen LogP contribution is 2.26. The average molecular weight is 197 g/mol. The van der Waals surface area contributed by atoms with Gasteiger partial charge in [-0.1, -0.05) is 20.8 Å². The molecular weight excluding hydrogens is 177 g/mol. The standard InChI is InChI=1S/C6H15N.CH5O3P/c1-4-7(5-2)6-3;1-5(2,3)4/h4-6H2,1-3H3;1H3,(H2,2,3,4). The minimum absolute atomic E-state index is 0.854. The van der Waals surface area contributed by atoms with Crippen LogP contribution in [0.15, 0.2) is 0 Å². The minimum Gasteiger partial charge on any atom is -0.325 e. The van der Waals surface area contributed by atoms with Crippen molar-refractivity contribution >= 4 is 7.60 Å². The normalized spacial score (nSPS) is 10.9. The molecule has 0 aromatic heterocycles. The number of hydrogen-bond acceptors (Lipinski definition) is 2. The molecule has 0 spiro atoms. The third-order valence-electron chi connectivity index (χ3n) is 1.34. The molecule has 0 heterocycles. The second kappa shape index (κ2) is 7.74. The molecule has 0 aliphatic heterocycles. The molecule has 0 radical (unpaired) electrons. The summed E-state index contributed by atoms with van der Waals surface area (Å²) in [7, 11) is -3.64. The predicted octanol–water partition coefficient (Wildman–Crippen LogP) is 1.14. The Bertz CT molecular complexity index is 117. The van der Waals surface area contributed by atoms with Crippen LogP contribution in [0.5, 0.6) is 0 Å². The fraction of sp³-hybridized carbons (Fsp3) is 1.00. The molecule has 0 atom stereocenters. The van der Waals surface area contributed by atoms with Gasteiger partial charge in [-0.05, 0) is 19.6 Å². The van der Waals surface area contributed by atoms with Gasteiger partial charge in [-0.25, -0.2) is 0 Å². The van der Waals surface area contributed by atoms with Crippen LogP contribution in [0.2, 0.25) is 0 Å². The first kappa shape index (κ1) is 14.6. The molecule has 12 heavy (non-hydrogen) atoms. The fourth-order valence-corrected chi connectivity index (χ4v) is 0.671. The Morgan fingerprint density at radius 2 is 1.25 bits per heavy atom. The van der Waals surface area contributed by atoms with Crippen LogP contribution in [0.1, 0.15) is 20.8 Å². The highest BCUT2D eigenvalue weighted by molar-refractivity contribution is 7.50. The lowest BCUT2D eigenvalue weighted by molar-refractivity contribution is 0.321. The summed E-state index contributed by atoms with van der Waals surface area (Å²) in [5, 5.41) is 0. The van der Waals surface area contributed by atoms with E-state index in [0.717, 1.165) is 6.66 Å². The summed E-state index contributed by atoms with van der Waals surface area (Å²) in [5.41, 5.74) is 0. The van der Waals surface area contributed by atoms with Crippen LogP contribution < -0.4 is 0 Å². The van der Waals surface area contributed by atoms with E-state index < -0.39 is 7.60 Å². The highest BCUT2D eigenvalue weighted by Gasteiger charge is 1.95. The van der Waals surface area contributed by atoms with E-state index in [0.29, 0.717) is 0 Å². The summed E-state index contributed by atoms with van der Waals surface area (Å²) in [5.74, 6) is 0. The summed E-state index contributed by atoms with van der Waals surface area (Å²) in [6.45, 7) is 11.0. The first-order valence-corrected chi connectivity index (χ1v) is 6.16. The van der Waals surface area contributed by atoms with Gasteiger partial charge in [0.1, 0.15) is 0 Å². The van der Waals surface area contributed by atoms with E-state index in [4.69, 9.17) is 9.79 Å². The molecule has 5 heteroatoms. The highest BCUT2D eigenvalue weighted by atomic mass is 31.2. The molecule has 0 unspecified atom stereocenters. The van der Waals surface area contributed by atoms with Crippen LogP contribution in [0.3, 0.4) is 0 Å². The van der Waals surface area contributed by atoms with Crippen molar-refractivity contribution in [1.29, 1.82) is 0 Å². The van der Waals surface area contributed by atoms with Crippen LogP contribution in [-0.4, -0.2) is 41.0 Å². The van der Waals surface area contributed by atoms with E-state index in [9.17, 15) is 4.57 Å². The molecule has 0 bridgehead atoms. The van der Waals surface area contributed by atoms with Crippen molar-refractivity contribution < 1.29 is 14.4 Å². The van der Waals surface area contributed by atoms with Gasteiger partial charge >= 0.3 is 7.60 Å². The van der Waals surface area contributed by atoms with Crippen LogP contribution >= 0.6 is 7.60 Å². The quantitative estimate of drug-likeness (QED) is 0.666. The van der Waals surface area contributed by atoms with Crippen molar-refractivity contribution in [2.75, 3.05) is 26.3 Å². The first-order valence-electron chi connectivity index (χ1n) is 4.10. The Balaban J connectivity index is 0. The summed E-state index contributed by atoms with van der Waals surface area (Å²) in [6, 6.07) is 0. The molecule has 0 aliphatic rings. The van der Waals surface area contributed by atoms with E-state index in [-0.39, 0.29) is 0 Å². The topological polar surface area (TPSA) is 60.8 Å². The van der Waals surface area contributed by atoms with Gasteiger partial charge in [-0.2, -0.15) is 0 Å². The maximum atomic E-state index is 9.33. The summed E-state index contributed by atoms with van der Waals surface area (Å²) >= 11 is 0. The van der Waals surface area contributed by atoms with Crippen molar-refractivity contribution in [3.05, 3.63) is 0 Å². The molecule has 0 aromatic rings. The Kier molecular flexibility index (Phi) is 9.44. The molecule has 76 valence electrons. The van der Waals surface area contributed by atoms with Crippen molar-refractivity contribution in [3.63, 3.8) is 0 Å². The molecule has 0 aliphatic carbocycles. The minimum atomic E-state index is -3.64. The van der Waals surface area contributed by atoms with Gasteiger partial charge in [0.2, 0.25) is 0 Å². The van der Waals surface area contributed by atoms with Gasteiger partial charge < -0.3 is 14.7 Å². The number of nitrogens with zero attached hydrogens (tertiary/aromatic N) is 1. The summed E-state index contributed by atoms with van der Waals surface area (Å²) in [4.78, 5) is 17.6. The maximum absolute atomic E-state index is 9.33. The monoisotopic (exact) mass is 197 g/mol. The van der Waals surface area contributed by atoms with Crippen molar-refractivity contribution in [1.82, 2.24) is 4.90 Å². The number of rotatable bonds is 3. The zero-order valence-electron chi connectivity index (χ0n) is 8.32. The fourth-order valence-electron chi connectivity index (χ4n) is 0.671. The molecule has 0 fully saturated rings. The Hall–Kier alpha value is 0.110. The summed E-state index contributed by atoms with van der Waals surface area (Å²) in [6.07, 6.45) is 0. The predicted molar refractivity (Wildman–Crippen MR) is 51.4 cm³/mol. The van der Waals surface area contributed by atoms with Gasteiger partial charge in [0, 0.05) is 6.66 Å². The Morgan fingerprint density at radius 3 is 1.25 bits per heavy atom. The van der Waals surface area contributed by atoms with E-state index in [2.05, 4.69) is 25.7 Å². The zero-order valence-corrected chi connectivity index (χ0v) is 9.21. The van der Waals surface area contributed by atoms with Gasteiger partial charge in [0.05, 0.1) is 0 Å². The molecule has 0 amide bonds. The third kappa shape index (κ3) is 22.5. The largest absolute Gasteiger partial charge is 0.325 e. The molecule has 4 nitrogen and oxygen atoms in total. The lowest BCUT2D eigenvalue weighted by Gasteiger charge is -2.13. The third-order valence-corrected chi connectivity index (χ3v) is 1.34. The van der Waals surface area contributed by atoms with E-state index >= 15 is 0 Å². The molecular formula is C7H20NO3P. The van der Waals surface area contributed by atoms with Crippen molar-refractivity contribution in [3.8, 4) is 0 Å². The van der Waals surface area contributed by atoms with Crippen molar-refractivity contribution in [2.24, 2.45) is 0 Å². The lowest BCUT2D eigenvalue weighted by Crippen LogP contribution is -2.21. The Morgan fingerprint density at radius 1 is 1.08 bits per heavy atom. The van der Waals surface area contributed by atoms with Crippen LogP contribution in [0, 0.1) is 0 Å². The second-order valence-corrected chi connectivity index (χ2v) is 4.13. The average Bonchev–Trinajstić information content (AvgIpc) is 1.88. The van der Waals surface area contributed by atoms with Crippen LogP contribution in [-0.2, 0) is 4.57 Å². The van der Waals surface area contributed by atoms with Gasteiger partial charge in [0.15, 0.2) is 0 Å². The zero-order chi connectivity index (χ0) is 10.2. The molecule has 0 aromatic carbocycles. The SMILES string of the molecule is CCN(CC)CC.CP(=O)(O)O. The number of hydrogen-bond donors (Lipinski definition) is 2. The maximum Gasteiger partial charge on any atom is 0.322 e. The van der Waals surface area contributed by atoms with Crippen LogP contribution in [0.4, 0.5) is 0 Å². The van der Waals surface area contributed by atoms with Crippen molar-refractivity contribution in [2.45, 2.75) is 20.8 Å². The van der Waals surface area contributed by atoms with Gasteiger partial charge in [-0.15, -0.1) is 0 Å². The smallest absolute Gasteiger partial charge is 0.322 e. The van der Waals surface area contributed by atoms with E-state index in [1.807, 2.05) is 0 Å². The van der Waals surface area contributed by atoms with Crippen LogP contribution in [0.25, 0.3) is 0 Å². The second-order valence-electron chi connectivity index (χ2n) is 2.45. The first-order chi connectivity index (χ1) is 5.35. The van der Waals surface area contributed by atoms with Gasteiger partial charge in [0.25, 0.3) is 0 Å². The molecule has 0 rings (SSSR count). The summed E-state index contributed by atoms with van der Waals surface area (Å²) < 4.78 is 9.33. The van der Waals surface area contributed by atoms with E-state index in [1.165, 1.54) is 19.6 Å². The van der Waals surface area contributed by atoms with Gasteiger partial charge in [-0.3, -0.25) is 4.57 Å². The molecule has 0 saturated heterocycles. The molecule has 2 N–H and O–H groups in total. The molecule has 0 saturated carbocycles. The Labute approximate surface area is 74.7 Å². The lowest BCUT2D eigenvalue weighted by atomic mass is 10.5.